The Labute approximate surface area is 116 Å². The molecule has 0 bridgehead atoms. The van der Waals surface area contributed by atoms with Gasteiger partial charge in [-0.15, -0.1) is 0 Å². The standard InChI is InChI=1S/C14H16N4O2/c1-18-8-9(7-15-18)16-14(20)17-12-6-5-11-10(12)3-2-4-13(11)19/h2-4,7-8,12,19H,5-6H2,1H3,(H2,16,17,20)/t12-/m0/s1. The molecule has 1 aromatic heterocycles. The van der Waals surface area contributed by atoms with Crippen molar-refractivity contribution in [2.45, 2.75) is 18.9 Å². The molecule has 1 heterocycles. The Balaban J connectivity index is 1.68. The highest BCUT2D eigenvalue weighted by molar-refractivity contribution is 5.89. The molecule has 1 aliphatic rings. The molecule has 6 nitrogen and oxygen atoms in total. The number of fused-ring (bicyclic) bond motifs is 1. The Hall–Kier alpha value is -2.50. The lowest BCUT2D eigenvalue weighted by molar-refractivity contribution is 0.248. The fourth-order valence-electron chi connectivity index (χ4n) is 2.60. The summed E-state index contributed by atoms with van der Waals surface area (Å²) >= 11 is 0. The Bertz CT molecular complexity index is 650. The Morgan fingerprint density at radius 3 is 3.10 bits per heavy atom. The Morgan fingerprint density at radius 1 is 1.50 bits per heavy atom. The topological polar surface area (TPSA) is 79.2 Å². The van der Waals surface area contributed by atoms with E-state index in [4.69, 9.17) is 0 Å². The number of carbonyl (C=O) groups excluding carboxylic acids is 1. The van der Waals surface area contributed by atoms with E-state index in [-0.39, 0.29) is 12.1 Å². The van der Waals surface area contributed by atoms with Crippen LogP contribution in [-0.2, 0) is 13.5 Å². The summed E-state index contributed by atoms with van der Waals surface area (Å²) in [5.41, 5.74) is 2.57. The summed E-state index contributed by atoms with van der Waals surface area (Å²) in [4.78, 5) is 12.0. The van der Waals surface area contributed by atoms with Gasteiger partial charge in [-0.1, -0.05) is 12.1 Å². The van der Waals surface area contributed by atoms with Gasteiger partial charge in [0.2, 0.25) is 0 Å². The number of aromatic nitrogens is 2. The summed E-state index contributed by atoms with van der Waals surface area (Å²) in [6, 6.07) is 5.09. The molecule has 0 radical (unpaired) electrons. The number of phenols is 1. The van der Waals surface area contributed by atoms with Crippen molar-refractivity contribution < 1.29 is 9.90 Å². The summed E-state index contributed by atoms with van der Waals surface area (Å²) in [7, 11) is 1.79. The van der Waals surface area contributed by atoms with Crippen LogP contribution in [-0.4, -0.2) is 20.9 Å². The van der Waals surface area contributed by atoms with E-state index in [1.165, 1.54) is 0 Å². The highest BCUT2D eigenvalue weighted by Crippen LogP contribution is 2.36. The molecule has 20 heavy (non-hydrogen) atoms. The zero-order valence-corrected chi connectivity index (χ0v) is 11.1. The van der Waals surface area contributed by atoms with Gasteiger partial charge in [0, 0.05) is 13.2 Å². The number of nitrogens with zero attached hydrogens (tertiary/aromatic N) is 2. The predicted molar refractivity (Wildman–Crippen MR) is 74.5 cm³/mol. The maximum atomic E-state index is 12.0. The largest absolute Gasteiger partial charge is 0.508 e. The Kier molecular flexibility index (Phi) is 3.06. The molecule has 1 aliphatic carbocycles. The third kappa shape index (κ3) is 2.32. The van der Waals surface area contributed by atoms with Crippen LogP contribution in [0.15, 0.2) is 30.6 Å². The van der Waals surface area contributed by atoms with E-state index in [9.17, 15) is 9.90 Å². The van der Waals surface area contributed by atoms with E-state index < -0.39 is 0 Å². The second-order valence-corrected chi connectivity index (χ2v) is 4.94. The summed E-state index contributed by atoms with van der Waals surface area (Å²) in [5, 5.41) is 19.4. The second-order valence-electron chi connectivity index (χ2n) is 4.94. The fourth-order valence-corrected chi connectivity index (χ4v) is 2.60. The van der Waals surface area contributed by atoms with Crippen LogP contribution in [0, 0.1) is 0 Å². The van der Waals surface area contributed by atoms with E-state index in [0.29, 0.717) is 11.4 Å². The predicted octanol–water partition coefficient (Wildman–Crippen LogP) is 1.93. The average Bonchev–Trinajstić information content (AvgIpc) is 2.98. The summed E-state index contributed by atoms with van der Waals surface area (Å²) < 4.78 is 1.62. The maximum Gasteiger partial charge on any atom is 0.319 e. The molecule has 2 aromatic rings. The van der Waals surface area contributed by atoms with Crippen LogP contribution in [0.5, 0.6) is 5.75 Å². The highest BCUT2D eigenvalue weighted by atomic mass is 16.3. The second kappa shape index (κ2) is 4.88. The molecule has 0 saturated heterocycles. The number of benzene rings is 1. The van der Waals surface area contributed by atoms with Crippen molar-refractivity contribution in [3.8, 4) is 5.75 Å². The molecule has 3 N–H and O–H groups in total. The molecule has 0 saturated carbocycles. The minimum Gasteiger partial charge on any atom is -0.508 e. The van der Waals surface area contributed by atoms with E-state index in [2.05, 4.69) is 15.7 Å². The van der Waals surface area contributed by atoms with E-state index >= 15 is 0 Å². The van der Waals surface area contributed by atoms with Crippen molar-refractivity contribution >= 4 is 11.7 Å². The van der Waals surface area contributed by atoms with Gasteiger partial charge >= 0.3 is 6.03 Å². The number of phenolic OH excluding ortho intramolecular Hbond substituents is 1. The zero-order chi connectivity index (χ0) is 14.1. The molecule has 0 spiro atoms. The van der Waals surface area contributed by atoms with Crippen LogP contribution in [0.2, 0.25) is 0 Å². The molecule has 1 atom stereocenters. The van der Waals surface area contributed by atoms with Crippen LogP contribution in [0.1, 0.15) is 23.6 Å². The monoisotopic (exact) mass is 272 g/mol. The third-order valence-corrected chi connectivity index (χ3v) is 3.51. The highest BCUT2D eigenvalue weighted by Gasteiger charge is 2.25. The lowest BCUT2D eigenvalue weighted by Gasteiger charge is -2.14. The summed E-state index contributed by atoms with van der Waals surface area (Å²) in [6.07, 6.45) is 4.90. The van der Waals surface area contributed by atoms with Crippen molar-refractivity contribution in [3.05, 3.63) is 41.7 Å². The van der Waals surface area contributed by atoms with Gasteiger partial charge in [-0.3, -0.25) is 4.68 Å². The number of hydrogen-bond donors (Lipinski definition) is 3. The maximum absolute atomic E-state index is 12.0. The van der Waals surface area contributed by atoms with Crippen molar-refractivity contribution in [1.82, 2.24) is 15.1 Å². The lowest BCUT2D eigenvalue weighted by Crippen LogP contribution is -2.31. The van der Waals surface area contributed by atoms with Crippen molar-refractivity contribution in [1.29, 1.82) is 0 Å². The number of hydrogen-bond acceptors (Lipinski definition) is 3. The first kappa shape index (κ1) is 12.5. The summed E-state index contributed by atoms with van der Waals surface area (Å²) in [6.45, 7) is 0. The van der Waals surface area contributed by atoms with Crippen LogP contribution >= 0.6 is 0 Å². The molecule has 3 rings (SSSR count). The normalized spacial score (nSPS) is 16.8. The van der Waals surface area contributed by atoms with Gasteiger partial charge in [0.05, 0.1) is 17.9 Å². The lowest BCUT2D eigenvalue weighted by atomic mass is 10.1. The number of aromatic hydroxyl groups is 1. The smallest absolute Gasteiger partial charge is 0.319 e. The zero-order valence-electron chi connectivity index (χ0n) is 11.1. The number of carbonyl (C=O) groups is 1. The molecular formula is C14H16N4O2. The van der Waals surface area contributed by atoms with E-state index in [1.54, 1.807) is 36.3 Å². The summed E-state index contributed by atoms with van der Waals surface area (Å²) in [5.74, 6) is 0.305. The van der Waals surface area contributed by atoms with Gasteiger partial charge < -0.3 is 15.7 Å². The average molecular weight is 272 g/mol. The van der Waals surface area contributed by atoms with Crippen LogP contribution < -0.4 is 10.6 Å². The number of urea groups is 1. The first-order valence-electron chi connectivity index (χ1n) is 6.50. The molecule has 0 unspecified atom stereocenters. The quantitative estimate of drug-likeness (QED) is 0.781. The number of aryl methyl sites for hydroxylation is 1. The van der Waals surface area contributed by atoms with E-state index in [1.807, 2.05) is 6.07 Å². The SMILES string of the molecule is Cn1cc(NC(=O)N[C@H]2CCc3c(O)cccc32)cn1. The molecule has 1 aromatic carbocycles. The van der Waals surface area contributed by atoms with Gasteiger partial charge in [0.15, 0.2) is 0 Å². The third-order valence-electron chi connectivity index (χ3n) is 3.51. The number of nitrogens with one attached hydrogen (secondary N) is 2. The minimum absolute atomic E-state index is 0.0613. The van der Waals surface area contributed by atoms with Gasteiger partial charge in [-0.25, -0.2) is 4.79 Å². The van der Waals surface area contributed by atoms with Gasteiger partial charge in [0.25, 0.3) is 0 Å². The van der Waals surface area contributed by atoms with Crippen LogP contribution in [0.25, 0.3) is 0 Å². The van der Waals surface area contributed by atoms with Crippen molar-refractivity contribution in [2.24, 2.45) is 7.05 Å². The first-order valence-corrected chi connectivity index (χ1v) is 6.50. The number of amides is 2. The molecule has 0 aliphatic heterocycles. The molecule has 6 heteroatoms. The van der Waals surface area contributed by atoms with Crippen LogP contribution in [0.3, 0.4) is 0 Å². The van der Waals surface area contributed by atoms with Gasteiger partial charge in [-0.05, 0) is 30.0 Å². The minimum atomic E-state index is -0.265. The fraction of sp³-hybridized carbons (Fsp3) is 0.286. The van der Waals surface area contributed by atoms with Gasteiger partial charge in [-0.2, -0.15) is 5.10 Å². The van der Waals surface area contributed by atoms with Gasteiger partial charge in [0.1, 0.15) is 5.75 Å². The van der Waals surface area contributed by atoms with Crippen molar-refractivity contribution in [2.75, 3.05) is 5.32 Å². The Morgan fingerprint density at radius 2 is 2.35 bits per heavy atom. The van der Waals surface area contributed by atoms with Crippen molar-refractivity contribution in [3.63, 3.8) is 0 Å². The molecule has 2 amide bonds. The van der Waals surface area contributed by atoms with Crippen LogP contribution in [0.4, 0.5) is 10.5 Å². The number of rotatable bonds is 2. The van der Waals surface area contributed by atoms with E-state index in [0.717, 1.165) is 24.0 Å². The molecule has 104 valence electrons. The number of anilines is 1. The molecular weight excluding hydrogens is 256 g/mol. The molecule has 0 fully saturated rings. The first-order chi connectivity index (χ1) is 9.63.